The number of nitrogens with zero attached hydrogens (tertiary/aromatic N) is 4. The van der Waals surface area contributed by atoms with Crippen LogP contribution in [0.4, 0.5) is 5.95 Å². The van der Waals surface area contributed by atoms with Gasteiger partial charge in [0, 0.05) is 36.7 Å². The first-order valence-corrected chi connectivity index (χ1v) is 6.27. The molecule has 0 spiro atoms. The molecule has 0 saturated carbocycles. The van der Waals surface area contributed by atoms with E-state index in [1.807, 2.05) is 18.2 Å². The Morgan fingerprint density at radius 3 is 2.53 bits per heavy atom. The van der Waals surface area contributed by atoms with Crippen LogP contribution in [0.3, 0.4) is 0 Å². The third-order valence-corrected chi connectivity index (χ3v) is 3.03. The molecule has 0 amide bonds. The Bertz CT molecular complexity index is 550. The Balaban J connectivity index is 1.82. The molecule has 0 aliphatic carbocycles. The van der Waals surface area contributed by atoms with E-state index in [9.17, 15) is 0 Å². The second-order valence-electron chi connectivity index (χ2n) is 4.39. The highest BCUT2D eigenvalue weighted by Gasteiger charge is 2.13. The van der Waals surface area contributed by atoms with Crippen molar-refractivity contribution >= 4 is 5.95 Å². The molecule has 97 valence electrons. The monoisotopic (exact) mass is 255 g/mol. The zero-order chi connectivity index (χ0) is 13.1. The van der Waals surface area contributed by atoms with Crippen LogP contribution in [0.25, 0.3) is 11.3 Å². The molecular weight excluding hydrogens is 240 g/mol. The SMILES string of the molecule is [CH2]c1cccc(-c2cnc(N3CCOCC3)nc2)n1. The van der Waals surface area contributed by atoms with E-state index >= 15 is 0 Å². The first-order chi connectivity index (χ1) is 9.33. The number of pyridine rings is 1. The van der Waals surface area contributed by atoms with Crippen LogP contribution >= 0.6 is 0 Å². The summed E-state index contributed by atoms with van der Waals surface area (Å²) in [5.41, 5.74) is 2.50. The van der Waals surface area contributed by atoms with Crippen molar-refractivity contribution in [3.05, 3.63) is 43.2 Å². The Morgan fingerprint density at radius 1 is 1.11 bits per heavy atom. The van der Waals surface area contributed by atoms with Crippen LogP contribution in [0, 0.1) is 6.92 Å². The molecule has 5 nitrogen and oxygen atoms in total. The summed E-state index contributed by atoms with van der Waals surface area (Å²) in [5.74, 6) is 0.748. The maximum atomic E-state index is 5.31. The lowest BCUT2D eigenvalue weighted by Crippen LogP contribution is -2.37. The van der Waals surface area contributed by atoms with Crippen LogP contribution in [0.15, 0.2) is 30.6 Å². The highest BCUT2D eigenvalue weighted by Crippen LogP contribution is 2.17. The lowest BCUT2D eigenvalue weighted by molar-refractivity contribution is 0.122. The fraction of sp³-hybridized carbons (Fsp3) is 0.286. The van der Waals surface area contributed by atoms with Gasteiger partial charge in [-0.25, -0.2) is 9.97 Å². The zero-order valence-corrected chi connectivity index (χ0v) is 10.6. The number of anilines is 1. The summed E-state index contributed by atoms with van der Waals surface area (Å²) in [5, 5.41) is 0. The molecule has 0 bridgehead atoms. The predicted molar refractivity (Wildman–Crippen MR) is 72.8 cm³/mol. The summed E-state index contributed by atoms with van der Waals surface area (Å²) >= 11 is 0. The van der Waals surface area contributed by atoms with Gasteiger partial charge in [-0.15, -0.1) is 0 Å². The lowest BCUT2D eigenvalue weighted by Gasteiger charge is -2.26. The van der Waals surface area contributed by atoms with E-state index in [0.29, 0.717) is 0 Å². The van der Waals surface area contributed by atoms with Gasteiger partial charge in [0.05, 0.1) is 18.9 Å². The van der Waals surface area contributed by atoms with Crippen molar-refractivity contribution in [3.8, 4) is 11.3 Å². The fourth-order valence-electron chi connectivity index (χ4n) is 2.02. The second-order valence-corrected chi connectivity index (χ2v) is 4.39. The summed E-state index contributed by atoms with van der Waals surface area (Å²) in [6.07, 6.45) is 3.61. The quantitative estimate of drug-likeness (QED) is 0.815. The Kier molecular flexibility index (Phi) is 3.37. The van der Waals surface area contributed by atoms with Crippen molar-refractivity contribution in [1.82, 2.24) is 15.0 Å². The minimum atomic E-state index is 0.732. The maximum absolute atomic E-state index is 5.31. The summed E-state index contributed by atoms with van der Waals surface area (Å²) in [6, 6.07) is 5.73. The molecule has 0 atom stereocenters. The Hall–Kier alpha value is -2.01. The van der Waals surface area contributed by atoms with Crippen LogP contribution in [-0.4, -0.2) is 41.3 Å². The summed E-state index contributed by atoms with van der Waals surface area (Å²) in [6.45, 7) is 6.97. The molecule has 1 aliphatic rings. The molecule has 3 heterocycles. The smallest absolute Gasteiger partial charge is 0.225 e. The molecule has 1 saturated heterocycles. The number of morpholine rings is 1. The van der Waals surface area contributed by atoms with Gasteiger partial charge in [0.1, 0.15) is 0 Å². The molecule has 1 aliphatic heterocycles. The van der Waals surface area contributed by atoms with Crippen molar-refractivity contribution in [1.29, 1.82) is 0 Å². The summed E-state index contributed by atoms with van der Waals surface area (Å²) in [4.78, 5) is 15.3. The lowest BCUT2D eigenvalue weighted by atomic mass is 10.2. The fourth-order valence-corrected chi connectivity index (χ4v) is 2.02. The van der Waals surface area contributed by atoms with E-state index in [1.165, 1.54) is 0 Å². The zero-order valence-electron chi connectivity index (χ0n) is 10.6. The first-order valence-electron chi connectivity index (χ1n) is 6.27. The van der Waals surface area contributed by atoms with Crippen LogP contribution in [0.5, 0.6) is 0 Å². The average Bonchev–Trinajstić information content (AvgIpc) is 2.48. The first kappa shape index (κ1) is 12.0. The molecule has 0 N–H and O–H groups in total. The molecule has 2 aromatic rings. The normalized spacial score (nSPS) is 15.5. The van der Waals surface area contributed by atoms with Crippen LogP contribution in [-0.2, 0) is 4.74 Å². The molecule has 19 heavy (non-hydrogen) atoms. The third kappa shape index (κ3) is 2.71. The van der Waals surface area contributed by atoms with Crippen molar-refractivity contribution in [3.63, 3.8) is 0 Å². The number of ether oxygens (including phenoxy) is 1. The van der Waals surface area contributed by atoms with E-state index in [-0.39, 0.29) is 0 Å². The van der Waals surface area contributed by atoms with Crippen LogP contribution in [0.1, 0.15) is 5.69 Å². The molecule has 5 heteroatoms. The average molecular weight is 255 g/mol. The molecule has 3 rings (SSSR count). The van der Waals surface area contributed by atoms with E-state index in [2.05, 4.69) is 26.8 Å². The predicted octanol–water partition coefficient (Wildman–Crippen LogP) is 1.56. The molecule has 1 radical (unpaired) electrons. The Labute approximate surface area is 112 Å². The minimum absolute atomic E-state index is 0.732. The van der Waals surface area contributed by atoms with Crippen LogP contribution in [0.2, 0.25) is 0 Å². The molecule has 0 unspecified atom stereocenters. The van der Waals surface area contributed by atoms with Gasteiger partial charge >= 0.3 is 0 Å². The van der Waals surface area contributed by atoms with E-state index in [0.717, 1.165) is 49.2 Å². The highest BCUT2D eigenvalue weighted by molar-refractivity contribution is 5.57. The van der Waals surface area contributed by atoms with Gasteiger partial charge in [-0.3, -0.25) is 4.98 Å². The van der Waals surface area contributed by atoms with E-state index in [1.54, 1.807) is 12.4 Å². The molecule has 1 fully saturated rings. The number of hydrogen-bond acceptors (Lipinski definition) is 5. The standard InChI is InChI=1S/C14H15N4O/c1-11-3-2-4-13(17-11)12-9-15-14(16-10-12)18-5-7-19-8-6-18/h2-4,9-10H,1,5-8H2. The topological polar surface area (TPSA) is 51.1 Å². The van der Waals surface area contributed by atoms with Gasteiger partial charge in [0.2, 0.25) is 5.95 Å². The number of rotatable bonds is 2. The number of aromatic nitrogens is 3. The van der Waals surface area contributed by atoms with E-state index < -0.39 is 0 Å². The minimum Gasteiger partial charge on any atom is -0.378 e. The van der Waals surface area contributed by atoms with Crippen molar-refractivity contribution in [2.75, 3.05) is 31.2 Å². The van der Waals surface area contributed by atoms with Gasteiger partial charge < -0.3 is 9.64 Å². The van der Waals surface area contributed by atoms with Crippen molar-refractivity contribution in [2.45, 2.75) is 0 Å². The van der Waals surface area contributed by atoms with Crippen molar-refractivity contribution in [2.24, 2.45) is 0 Å². The largest absolute Gasteiger partial charge is 0.378 e. The van der Waals surface area contributed by atoms with Crippen molar-refractivity contribution < 1.29 is 4.74 Å². The maximum Gasteiger partial charge on any atom is 0.225 e. The summed E-state index contributed by atoms with van der Waals surface area (Å²) < 4.78 is 5.31. The van der Waals surface area contributed by atoms with Gasteiger partial charge in [0.25, 0.3) is 0 Å². The summed E-state index contributed by atoms with van der Waals surface area (Å²) in [7, 11) is 0. The second kappa shape index (κ2) is 5.32. The van der Waals surface area contributed by atoms with Crippen LogP contribution < -0.4 is 4.90 Å². The molecular formula is C14H15N4O. The third-order valence-electron chi connectivity index (χ3n) is 3.03. The van der Waals surface area contributed by atoms with E-state index in [4.69, 9.17) is 4.74 Å². The molecule has 0 aromatic carbocycles. The molecule has 2 aromatic heterocycles. The highest BCUT2D eigenvalue weighted by atomic mass is 16.5. The number of hydrogen-bond donors (Lipinski definition) is 0. The Morgan fingerprint density at radius 2 is 1.84 bits per heavy atom. The van der Waals surface area contributed by atoms with Gasteiger partial charge in [-0.2, -0.15) is 0 Å². The van der Waals surface area contributed by atoms with Gasteiger partial charge in [-0.1, -0.05) is 6.07 Å². The van der Waals surface area contributed by atoms with Gasteiger partial charge in [-0.05, 0) is 19.1 Å². The van der Waals surface area contributed by atoms with Gasteiger partial charge in [0.15, 0.2) is 0 Å².